The predicted octanol–water partition coefficient (Wildman–Crippen LogP) is 3.32. The number of hydrogen-bond acceptors (Lipinski definition) is 4. The first-order valence-corrected chi connectivity index (χ1v) is 7.48. The van der Waals surface area contributed by atoms with E-state index in [2.05, 4.69) is 5.32 Å². The molecule has 2 N–H and O–H groups in total. The summed E-state index contributed by atoms with van der Waals surface area (Å²) in [4.78, 5) is 0. The average Bonchev–Trinajstić information content (AvgIpc) is 2.57. The number of aliphatic hydroxyl groups excluding tert-OH is 1. The zero-order chi connectivity index (χ0) is 16.8. The Kier molecular flexibility index (Phi) is 6.21. The van der Waals surface area contributed by atoms with Crippen LogP contribution in [0.25, 0.3) is 0 Å². The van der Waals surface area contributed by atoms with E-state index in [9.17, 15) is 9.50 Å². The molecule has 0 spiro atoms. The van der Waals surface area contributed by atoms with Gasteiger partial charge in [-0.2, -0.15) is 0 Å². The molecule has 0 amide bonds. The molecule has 0 heterocycles. The van der Waals surface area contributed by atoms with Gasteiger partial charge >= 0.3 is 0 Å². The summed E-state index contributed by atoms with van der Waals surface area (Å²) in [6, 6.07) is 10.0. The molecule has 124 valence electrons. The summed E-state index contributed by atoms with van der Waals surface area (Å²) in [6.07, 6.45) is -0.817. The molecule has 0 aliphatic rings. The lowest BCUT2D eigenvalue weighted by atomic mass is 10.1. The molecule has 1 unspecified atom stereocenters. The Labute approximate surface area is 139 Å². The van der Waals surface area contributed by atoms with Crippen LogP contribution in [0.5, 0.6) is 11.5 Å². The lowest BCUT2D eigenvalue weighted by Gasteiger charge is -2.17. The van der Waals surface area contributed by atoms with Gasteiger partial charge < -0.3 is 19.9 Å². The molecule has 0 radical (unpaired) electrons. The predicted molar refractivity (Wildman–Crippen MR) is 87.6 cm³/mol. The first kappa shape index (κ1) is 17.5. The molecule has 6 heteroatoms. The van der Waals surface area contributed by atoms with Gasteiger partial charge in [-0.25, -0.2) is 4.39 Å². The van der Waals surface area contributed by atoms with Gasteiger partial charge in [0.1, 0.15) is 17.3 Å². The molecule has 4 nitrogen and oxygen atoms in total. The van der Waals surface area contributed by atoms with E-state index in [-0.39, 0.29) is 18.1 Å². The molecule has 23 heavy (non-hydrogen) atoms. The zero-order valence-electron chi connectivity index (χ0n) is 13.0. The van der Waals surface area contributed by atoms with Gasteiger partial charge in [-0.1, -0.05) is 23.7 Å². The molecule has 0 bridgehead atoms. The largest absolute Gasteiger partial charge is 0.497 e. The van der Waals surface area contributed by atoms with E-state index in [0.29, 0.717) is 22.6 Å². The van der Waals surface area contributed by atoms with Gasteiger partial charge in [0.2, 0.25) is 0 Å². The summed E-state index contributed by atoms with van der Waals surface area (Å²) < 4.78 is 24.2. The Morgan fingerprint density at radius 2 is 2.00 bits per heavy atom. The Hall–Kier alpha value is -1.82. The summed E-state index contributed by atoms with van der Waals surface area (Å²) >= 11 is 5.74. The summed E-state index contributed by atoms with van der Waals surface area (Å²) in [6.45, 7) is 0.491. The van der Waals surface area contributed by atoms with Crippen molar-refractivity contribution in [1.29, 1.82) is 0 Å². The number of rotatable bonds is 7. The van der Waals surface area contributed by atoms with E-state index < -0.39 is 11.9 Å². The van der Waals surface area contributed by atoms with Gasteiger partial charge in [0.05, 0.1) is 25.3 Å². The van der Waals surface area contributed by atoms with E-state index in [4.69, 9.17) is 21.1 Å². The van der Waals surface area contributed by atoms with Gasteiger partial charge in [0, 0.05) is 24.2 Å². The molecular weight excluding hydrogens is 321 g/mol. The maximum absolute atomic E-state index is 13.8. The molecule has 0 fully saturated rings. The van der Waals surface area contributed by atoms with E-state index in [0.717, 1.165) is 0 Å². The smallest absolute Gasteiger partial charge is 0.146 e. The van der Waals surface area contributed by atoms with E-state index >= 15 is 0 Å². The molecule has 0 saturated heterocycles. The van der Waals surface area contributed by atoms with Crippen molar-refractivity contribution in [3.05, 3.63) is 58.4 Å². The van der Waals surface area contributed by atoms with Crippen molar-refractivity contribution in [3.63, 3.8) is 0 Å². The third kappa shape index (κ3) is 4.34. The summed E-state index contributed by atoms with van der Waals surface area (Å²) in [5, 5.41) is 13.4. The van der Waals surface area contributed by atoms with Crippen molar-refractivity contribution in [2.24, 2.45) is 0 Å². The van der Waals surface area contributed by atoms with Gasteiger partial charge in [-0.15, -0.1) is 0 Å². The van der Waals surface area contributed by atoms with Crippen molar-refractivity contribution in [3.8, 4) is 11.5 Å². The van der Waals surface area contributed by atoms with Gasteiger partial charge in [-0.3, -0.25) is 0 Å². The monoisotopic (exact) mass is 339 g/mol. The first-order valence-electron chi connectivity index (χ1n) is 7.10. The lowest BCUT2D eigenvalue weighted by Crippen LogP contribution is -2.22. The number of aliphatic hydroxyl groups is 1. The van der Waals surface area contributed by atoms with Gasteiger partial charge in [0.25, 0.3) is 0 Å². The van der Waals surface area contributed by atoms with Gasteiger partial charge in [0.15, 0.2) is 0 Å². The van der Waals surface area contributed by atoms with Crippen LogP contribution in [0.3, 0.4) is 0 Å². The number of benzene rings is 2. The highest BCUT2D eigenvalue weighted by Gasteiger charge is 2.15. The molecule has 0 aromatic heterocycles. The standard InChI is InChI=1S/C17H19ClFNO3/c1-22-12-6-7-16(23-2)13(8-12)15(21)10-20-9-11-4-3-5-14(18)17(11)19/h3-8,15,20-21H,9-10H2,1-2H3. The van der Waals surface area contributed by atoms with Crippen molar-refractivity contribution in [1.82, 2.24) is 5.32 Å². The van der Waals surface area contributed by atoms with Crippen LogP contribution in [0, 0.1) is 5.82 Å². The molecule has 0 aliphatic heterocycles. The summed E-state index contributed by atoms with van der Waals surface area (Å²) in [5.74, 6) is 0.741. The second-order valence-corrected chi connectivity index (χ2v) is 5.37. The summed E-state index contributed by atoms with van der Waals surface area (Å²) in [7, 11) is 3.09. The van der Waals surface area contributed by atoms with Crippen LogP contribution in [0.2, 0.25) is 5.02 Å². The molecule has 2 aromatic carbocycles. The fourth-order valence-corrected chi connectivity index (χ4v) is 2.43. The number of ether oxygens (including phenoxy) is 2. The van der Waals surface area contributed by atoms with Crippen molar-refractivity contribution in [2.45, 2.75) is 12.6 Å². The molecule has 2 rings (SSSR count). The van der Waals surface area contributed by atoms with Crippen LogP contribution in [-0.4, -0.2) is 25.9 Å². The molecular formula is C17H19ClFNO3. The fourth-order valence-electron chi connectivity index (χ4n) is 2.24. The lowest BCUT2D eigenvalue weighted by molar-refractivity contribution is 0.169. The number of halogens is 2. The highest BCUT2D eigenvalue weighted by molar-refractivity contribution is 6.30. The van der Waals surface area contributed by atoms with Crippen LogP contribution < -0.4 is 14.8 Å². The Balaban J connectivity index is 2.02. The Morgan fingerprint density at radius 1 is 1.22 bits per heavy atom. The minimum Gasteiger partial charge on any atom is -0.497 e. The van der Waals surface area contributed by atoms with Crippen molar-refractivity contribution in [2.75, 3.05) is 20.8 Å². The minimum absolute atomic E-state index is 0.0827. The van der Waals surface area contributed by atoms with Crippen molar-refractivity contribution >= 4 is 11.6 Å². The maximum atomic E-state index is 13.8. The van der Waals surface area contributed by atoms with E-state index in [1.54, 1.807) is 37.4 Å². The van der Waals surface area contributed by atoms with E-state index in [1.807, 2.05) is 0 Å². The molecule has 1 atom stereocenters. The number of hydrogen-bond donors (Lipinski definition) is 2. The minimum atomic E-state index is -0.817. The van der Waals surface area contributed by atoms with Crippen LogP contribution in [0.15, 0.2) is 36.4 Å². The molecule has 0 aliphatic carbocycles. The Morgan fingerprint density at radius 3 is 2.70 bits per heavy atom. The first-order chi connectivity index (χ1) is 11.1. The fraction of sp³-hybridized carbons (Fsp3) is 0.294. The number of methoxy groups -OCH3 is 2. The summed E-state index contributed by atoms with van der Waals surface area (Å²) in [5.41, 5.74) is 1.05. The van der Waals surface area contributed by atoms with Gasteiger partial charge in [-0.05, 0) is 24.3 Å². The topological polar surface area (TPSA) is 50.7 Å². The second-order valence-electron chi connectivity index (χ2n) is 4.97. The average molecular weight is 340 g/mol. The normalized spacial score (nSPS) is 12.0. The highest BCUT2D eigenvalue weighted by Crippen LogP contribution is 2.29. The van der Waals surface area contributed by atoms with E-state index in [1.165, 1.54) is 13.2 Å². The van der Waals surface area contributed by atoms with Crippen LogP contribution in [0.4, 0.5) is 4.39 Å². The highest BCUT2D eigenvalue weighted by atomic mass is 35.5. The van der Waals surface area contributed by atoms with Crippen LogP contribution in [0.1, 0.15) is 17.2 Å². The maximum Gasteiger partial charge on any atom is 0.146 e. The molecule has 0 saturated carbocycles. The Bertz CT molecular complexity index is 666. The van der Waals surface area contributed by atoms with Crippen LogP contribution in [-0.2, 0) is 6.54 Å². The second kappa shape index (κ2) is 8.15. The zero-order valence-corrected chi connectivity index (χ0v) is 13.7. The number of nitrogens with one attached hydrogen (secondary N) is 1. The third-order valence-corrected chi connectivity index (χ3v) is 3.77. The SMILES string of the molecule is COc1ccc(OC)c(C(O)CNCc2cccc(Cl)c2F)c1. The van der Waals surface area contributed by atoms with Crippen LogP contribution >= 0.6 is 11.6 Å². The molecule has 2 aromatic rings. The third-order valence-electron chi connectivity index (χ3n) is 3.48. The van der Waals surface area contributed by atoms with Crippen molar-refractivity contribution < 1.29 is 19.0 Å². The quantitative estimate of drug-likeness (QED) is 0.812.